The van der Waals surface area contributed by atoms with E-state index in [1.54, 1.807) is 0 Å². The molecule has 0 unspecified atom stereocenters. The monoisotopic (exact) mass is 431 g/mol. The Morgan fingerprint density at radius 3 is 2.74 bits per heavy atom. The van der Waals surface area contributed by atoms with Crippen LogP contribution in [0.25, 0.3) is 0 Å². The summed E-state index contributed by atoms with van der Waals surface area (Å²) < 4.78 is 18.7. The van der Waals surface area contributed by atoms with Crippen LogP contribution in [0, 0.1) is 23.7 Å². The van der Waals surface area contributed by atoms with Gasteiger partial charge in [-0.15, -0.1) is 0 Å². The van der Waals surface area contributed by atoms with Crippen molar-refractivity contribution in [1.29, 1.82) is 0 Å². The van der Waals surface area contributed by atoms with Crippen molar-refractivity contribution in [2.24, 2.45) is 23.7 Å². The zero-order chi connectivity index (χ0) is 21.6. The van der Waals surface area contributed by atoms with Gasteiger partial charge in [0, 0.05) is 18.3 Å². The van der Waals surface area contributed by atoms with Crippen molar-refractivity contribution < 1.29 is 28.8 Å². The predicted octanol–water partition coefficient (Wildman–Crippen LogP) is 3.53. The summed E-state index contributed by atoms with van der Waals surface area (Å²) in [5, 5.41) is 2.85. The molecule has 5 fully saturated rings. The van der Waals surface area contributed by atoms with E-state index < -0.39 is 24.0 Å². The molecule has 1 spiro atoms. The highest BCUT2D eigenvalue weighted by Gasteiger charge is 2.69. The quantitative estimate of drug-likeness (QED) is 0.568. The lowest BCUT2D eigenvalue weighted by Crippen LogP contribution is -2.70. The zero-order valence-corrected chi connectivity index (χ0v) is 18.5. The first-order valence-electron chi connectivity index (χ1n) is 11.5. The average molecular weight is 432 g/mol. The van der Waals surface area contributed by atoms with Gasteiger partial charge in [0.1, 0.15) is 6.73 Å². The SMILES string of the molecule is C[C@H]1[C@H](OCNC(=O)Cc2ccccc2)O[C@@H]2O[C@@]3(C)CC[C@H]4[C@H](C)CC[C@@H]1[C@@]24OO3. The summed E-state index contributed by atoms with van der Waals surface area (Å²) in [4.78, 5) is 24.2. The molecule has 170 valence electrons. The number of amides is 1. The molecular weight excluding hydrogens is 398 g/mol. The van der Waals surface area contributed by atoms with Crippen molar-refractivity contribution in [3.8, 4) is 0 Å². The van der Waals surface area contributed by atoms with Crippen molar-refractivity contribution in [3.05, 3.63) is 35.9 Å². The molecule has 6 rings (SSSR count). The molecular formula is C24H33NO6. The number of carbonyl (C=O) groups is 1. The van der Waals surface area contributed by atoms with E-state index in [-0.39, 0.29) is 24.5 Å². The van der Waals surface area contributed by atoms with Crippen LogP contribution < -0.4 is 5.32 Å². The summed E-state index contributed by atoms with van der Waals surface area (Å²) in [6.45, 7) is 6.45. The summed E-state index contributed by atoms with van der Waals surface area (Å²) in [5.41, 5.74) is 0.378. The molecule has 1 aromatic carbocycles. The van der Waals surface area contributed by atoms with Gasteiger partial charge >= 0.3 is 0 Å². The van der Waals surface area contributed by atoms with Crippen LogP contribution in [0.2, 0.25) is 0 Å². The number of ether oxygens (including phenoxy) is 3. The molecule has 8 atom stereocenters. The van der Waals surface area contributed by atoms with E-state index in [2.05, 4.69) is 19.2 Å². The van der Waals surface area contributed by atoms with Crippen molar-refractivity contribution in [3.63, 3.8) is 0 Å². The maximum Gasteiger partial charge on any atom is 0.226 e. The van der Waals surface area contributed by atoms with Gasteiger partial charge in [0.2, 0.25) is 11.7 Å². The van der Waals surface area contributed by atoms with Gasteiger partial charge in [0.15, 0.2) is 18.2 Å². The van der Waals surface area contributed by atoms with Crippen LogP contribution in [0.5, 0.6) is 0 Å². The molecule has 1 N–H and O–H groups in total. The molecule has 4 saturated heterocycles. The summed E-state index contributed by atoms with van der Waals surface area (Å²) in [5.74, 6) is 0.275. The average Bonchev–Trinajstić information content (AvgIpc) is 2.98. The highest BCUT2D eigenvalue weighted by atomic mass is 17.3. The molecule has 7 heteroatoms. The van der Waals surface area contributed by atoms with Crippen molar-refractivity contribution >= 4 is 5.91 Å². The zero-order valence-electron chi connectivity index (χ0n) is 18.5. The topological polar surface area (TPSA) is 75.3 Å². The van der Waals surface area contributed by atoms with Gasteiger partial charge in [0.05, 0.1) is 6.42 Å². The minimum Gasteiger partial charge on any atom is -0.333 e. The van der Waals surface area contributed by atoms with Crippen molar-refractivity contribution in [1.82, 2.24) is 5.32 Å². The number of hydrogen-bond acceptors (Lipinski definition) is 6. The Balaban J connectivity index is 1.26. The second-order valence-corrected chi connectivity index (χ2v) is 9.85. The molecule has 0 radical (unpaired) electrons. The molecule has 1 saturated carbocycles. The molecule has 4 heterocycles. The van der Waals surface area contributed by atoms with Crippen LogP contribution in [0.4, 0.5) is 0 Å². The Labute approximate surface area is 183 Å². The van der Waals surface area contributed by atoms with E-state index >= 15 is 0 Å². The smallest absolute Gasteiger partial charge is 0.226 e. The van der Waals surface area contributed by atoms with Crippen LogP contribution >= 0.6 is 0 Å². The third kappa shape index (κ3) is 3.70. The lowest BCUT2D eigenvalue weighted by molar-refractivity contribution is -0.577. The fourth-order valence-corrected chi connectivity index (χ4v) is 6.11. The van der Waals surface area contributed by atoms with Gasteiger partial charge in [-0.05, 0) is 43.6 Å². The van der Waals surface area contributed by atoms with E-state index in [0.29, 0.717) is 18.3 Å². The molecule has 2 bridgehead atoms. The van der Waals surface area contributed by atoms with Gasteiger partial charge in [-0.2, -0.15) is 0 Å². The van der Waals surface area contributed by atoms with Crippen LogP contribution in [0.1, 0.15) is 52.0 Å². The van der Waals surface area contributed by atoms with Crippen LogP contribution in [-0.2, 0) is 35.2 Å². The second-order valence-electron chi connectivity index (χ2n) is 9.85. The molecule has 4 aliphatic heterocycles. The maximum atomic E-state index is 12.3. The van der Waals surface area contributed by atoms with E-state index in [9.17, 15) is 4.79 Å². The molecule has 7 nitrogen and oxygen atoms in total. The van der Waals surface area contributed by atoms with Gasteiger partial charge in [-0.1, -0.05) is 44.2 Å². The Morgan fingerprint density at radius 1 is 1.13 bits per heavy atom. The third-order valence-electron chi connectivity index (χ3n) is 7.82. The number of rotatable bonds is 5. The molecule has 1 aromatic rings. The summed E-state index contributed by atoms with van der Waals surface area (Å²) >= 11 is 0. The summed E-state index contributed by atoms with van der Waals surface area (Å²) in [6.07, 6.45) is 3.27. The standard InChI is InChI=1S/C24H33NO6/c1-15-9-10-19-16(2)21(27-14-25-20(26)13-17-7-5-4-6-8-17)28-22-24(19)18(15)11-12-23(3,29-22)30-31-24/h4-8,15-16,18-19,21-22H,9-14H2,1-3H3,(H,25,26)/t15-,16-,18+,19+,21-,22-,23-,24-/m1/s1. The first kappa shape index (κ1) is 21.3. The van der Waals surface area contributed by atoms with Gasteiger partial charge in [-0.3, -0.25) is 4.79 Å². The normalized spacial score (nSPS) is 43.7. The fourth-order valence-electron chi connectivity index (χ4n) is 6.11. The highest BCUT2D eigenvalue weighted by Crippen LogP contribution is 2.60. The first-order valence-corrected chi connectivity index (χ1v) is 11.5. The van der Waals surface area contributed by atoms with Gasteiger partial charge in [0.25, 0.3) is 0 Å². The highest BCUT2D eigenvalue weighted by molar-refractivity contribution is 5.78. The number of fused-ring (bicyclic) bond motifs is 2. The largest absolute Gasteiger partial charge is 0.333 e. The lowest BCUT2D eigenvalue weighted by atomic mass is 9.58. The molecule has 5 aliphatic rings. The Kier molecular flexibility index (Phi) is 5.59. The van der Waals surface area contributed by atoms with E-state index in [1.165, 1.54) is 0 Å². The summed E-state index contributed by atoms with van der Waals surface area (Å²) in [6, 6.07) is 9.67. The van der Waals surface area contributed by atoms with E-state index in [0.717, 1.165) is 31.2 Å². The predicted molar refractivity (Wildman–Crippen MR) is 111 cm³/mol. The minimum atomic E-state index is -0.799. The fraction of sp³-hybridized carbons (Fsp3) is 0.708. The first-order chi connectivity index (χ1) is 14.9. The second kappa shape index (κ2) is 8.12. The van der Waals surface area contributed by atoms with Crippen molar-refractivity contribution in [2.75, 3.05) is 6.73 Å². The Bertz CT molecular complexity index is 805. The molecule has 31 heavy (non-hydrogen) atoms. The Hall–Kier alpha value is -1.51. The molecule has 0 aromatic heterocycles. The number of benzene rings is 1. The maximum absolute atomic E-state index is 12.3. The number of carbonyl (C=O) groups excluding carboxylic acids is 1. The van der Waals surface area contributed by atoms with Crippen LogP contribution in [0.3, 0.4) is 0 Å². The number of hydrogen-bond donors (Lipinski definition) is 1. The van der Waals surface area contributed by atoms with Crippen LogP contribution in [0.15, 0.2) is 30.3 Å². The van der Waals surface area contributed by atoms with Crippen molar-refractivity contribution in [2.45, 2.75) is 76.8 Å². The minimum absolute atomic E-state index is 0.0771. The molecule has 1 amide bonds. The van der Waals surface area contributed by atoms with E-state index in [1.807, 2.05) is 37.3 Å². The van der Waals surface area contributed by atoms with Gasteiger partial charge in [-0.25, -0.2) is 9.78 Å². The lowest BCUT2D eigenvalue weighted by Gasteiger charge is -2.60. The third-order valence-corrected chi connectivity index (χ3v) is 7.82. The number of nitrogens with one attached hydrogen (secondary N) is 1. The van der Waals surface area contributed by atoms with E-state index in [4.69, 9.17) is 24.0 Å². The molecule has 1 aliphatic carbocycles. The van der Waals surface area contributed by atoms with Gasteiger partial charge < -0.3 is 19.5 Å². The summed E-state index contributed by atoms with van der Waals surface area (Å²) in [7, 11) is 0. The van der Waals surface area contributed by atoms with Crippen LogP contribution in [-0.4, -0.2) is 36.6 Å². The Morgan fingerprint density at radius 2 is 1.94 bits per heavy atom.